The molecule has 144 valence electrons. The first-order valence-electron chi connectivity index (χ1n) is 10.1. The molecule has 1 saturated heterocycles. The molecule has 4 aliphatic rings. The molecule has 4 heteroatoms. The Hall–Kier alpha value is -3.71. The zero-order valence-electron chi connectivity index (χ0n) is 16.4. The highest BCUT2D eigenvalue weighted by atomic mass is 16.2. The maximum Gasteiger partial charge on any atom is 0.238 e. The number of hydrogen-bond acceptors (Lipinski definition) is 3. The van der Waals surface area contributed by atoms with E-state index in [-0.39, 0.29) is 17.7 Å². The second kappa shape index (κ2) is 5.67. The van der Waals surface area contributed by atoms with Crippen LogP contribution in [-0.4, -0.2) is 11.8 Å². The molecule has 1 aliphatic heterocycles. The lowest BCUT2D eigenvalue weighted by molar-refractivity contribution is -0.123. The number of nitrogens with zero attached hydrogens (tertiary/aromatic N) is 2. The molecule has 0 radical (unpaired) electrons. The molecule has 0 N–H and O–H groups in total. The van der Waals surface area contributed by atoms with Crippen molar-refractivity contribution in [3.8, 4) is 6.07 Å². The number of rotatable bonds is 1. The van der Waals surface area contributed by atoms with E-state index in [9.17, 15) is 14.9 Å². The minimum absolute atomic E-state index is 0.153. The molecule has 4 nitrogen and oxygen atoms in total. The Bertz CT molecular complexity index is 1250. The van der Waals surface area contributed by atoms with Gasteiger partial charge in [-0.05, 0) is 34.4 Å². The molecular formula is C26H18N2O2. The molecule has 1 heterocycles. The Morgan fingerprint density at radius 1 is 0.833 bits per heavy atom. The van der Waals surface area contributed by atoms with Gasteiger partial charge in [-0.25, -0.2) is 4.90 Å². The number of carbonyl (C=O) groups is 2. The summed E-state index contributed by atoms with van der Waals surface area (Å²) in [5.74, 6) is -1.50. The van der Waals surface area contributed by atoms with Crippen LogP contribution in [0, 0.1) is 23.2 Å². The number of hydrogen-bond donors (Lipinski definition) is 0. The van der Waals surface area contributed by atoms with Gasteiger partial charge in [0.2, 0.25) is 11.8 Å². The third-order valence-electron chi connectivity index (χ3n) is 7.31. The summed E-state index contributed by atoms with van der Waals surface area (Å²) < 4.78 is 0. The Morgan fingerprint density at radius 2 is 1.40 bits per heavy atom. The summed E-state index contributed by atoms with van der Waals surface area (Å²) in [7, 11) is 0. The van der Waals surface area contributed by atoms with Crippen molar-refractivity contribution in [2.45, 2.75) is 18.3 Å². The molecule has 2 amide bonds. The second-order valence-electron chi connectivity index (χ2n) is 8.50. The number of amides is 2. The maximum absolute atomic E-state index is 13.8. The van der Waals surface area contributed by atoms with Gasteiger partial charge in [-0.15, -0.1) is 0 Å². The molecule has 3 aliphatic carbocycles. The van der Waals surface area contributed by atoms with Crippen LogP contribution in [0.3, 0.4) is 0 Å². The van der Waals surface area contributed by atoms with Crippen molar-refractivity contribution >= 4 is 17.5 Å². The number of anilines is 1. The molecule has 2 atom stereocenters. The van der Waals surface area contributed by atoms with E-state index in [2.05, 4.69) is 37.3 Å². The predicted molar refractivity (Wildman–Crippen MR) is 112 cm³/mol. The summed E-state index contributed by atoms with van der Waals surface area (Å²) in [6, 6.07) is 25.4. The lowest BCUT2D eigenvalue weighted by Gasteiger charge is -2.52. The van der Waals surface area contributed by atoms with Crippen molar-refractivity contribution < 1.29 is 9.59 Å². The minimum atomic E-state index is -0.588. The van der Waals surface area contributed by atoms with Crippen molar-refractivity contribution in [2.75, 3.05) is 4.90 Å². The number of benzene rings is 3. The molecule has 0 saturated carbocycles. The van der Waals surface area contributed by atoms with Gasteiger partial charge in [0, 0.05) is 11.3 Å². The monoisotopic (exact) mass is 390 g/mol. The van der Waals surface area contributed by atoms with Crippen LogP contribution < -0.4 is 4.90 Å². The smallest absolute Gasteiger partial charge is 0.238 e. The summed E-state index contributed by atoms with van der Waals surface area (Å²) >= 11 is 0. The lowest BCUT2D eigenvalue weighted by atomic mass is 9.48. The fourth-order valence-electron chi connectivity index (χ4n) is 6.15. The number of para-hydroxylation sites is 1. The Labute approximate surface area is 174 Å². The Balaban J connectivity index is 1.63. The van der Waals surface area contributed by atoms with Crippen LogP contribution in [-0.2, 0) is 15.0 Å². The van der Waals surface area contributed by atoms with E-state index in [1.54, 1.807) is 24.3 Å². The van der Waals surface area contributed by atoms with E-state index in [1.165, 1.54) is 4.90 Å². The van der Waals surface area contributed by atoms with Gasteiger partial charge in [0.15, 0.2) is 0 Å². The van der Waals surface area contributed by atoms with Crippen molar-refractivity contribution in [2.24, 2.45) is 11.8 Å². The van der Waals surface area contributed by atoms with E-state index < -0.39 is 17.3 Å². The third kappa shape index (κ3) is 1.81. The highest BCUT2D eigenvalue weighted by molar-refractivity contribution is 6.24. The van der Waals surface area contributed by atoms with E-state index >= 15 is 0 Å². The first kappa shape index (κ1) is 17.2. The number of imide groups is 1. The number of nitriles is 1. The van der Waals surface area contributed by atoms with Crippen molar-refractivity contribution in [3.63, 3.8) is 0 Å². The number of carbonyl (C=O) groups excluding carboxylic acids is 2. The topological polar surface area (TPSA) is 61.2 Å². The normalized spacial score (nSPS) is 28.0. The van der Waals surface area contributed by atoms with Crippen LogP contribution in [0.25, 0.3) is 0 Å². The van der Waals surface area contributed by atoms with Crippen LogP contribution in [0.1, 0.15) is 40.7 Å². The van der Waals surface area contributed by atoms with Crippen LogP contribution in [0.5, 0.6) is 0 Å². The molecule has 2 bridgehead atoms. The minimum Gasteiger partial charge on any atom is -0.274 e. The lowest BCUT2D eigenvalue weighted by Crippen LogP contribution is -2.51. The average Bonchev–Trinajstić information content (AvgIpc) is 3.05. The van der Waals surface area contributed by atoms with Gasteiger partial charge in [-0.1, -0.05) is 67.6 Å². The first-order valence-corrected chi connectivity index (χ1v) is 10.1. The van der Waals surface area contributed by atoms with E-state index in [0.29, 0.717) is 11.3 Å². The van der Waals surface area contributed by atoms with Gasteiger partial charge < -0.3 is 0 Å². The zero-order valence-corrected chi connectivity index (χ0v) is 16.4. The van der Waals surface area contributed by atoms with E-state index in [1.807, 2.05) is 24.3 Å². The molecule has 3 aromatic carbocycles. The Morgan fingerprint density at radius 3 is 2.03 bits per heavy atom. The largest absolute Gasteiger partial charge is 0.274 e. The molecule has 7 rings (SSSR count). The van der Waals surface area contributed by atoms with Crippen LogP contribution in [0.4, 0.5) is 5.69 Å². The van der Waals surface area contributed by atoms with Crippen LogP contribution in [0.15, 0.2) is 72.8 Å². The maximum atomic E-state index is 13.8. The predicted octanol–water partition coefficient (Wildman–Crippen LogP) is 4.13. The summed E-state index contributed by atoms with van der Waals surface area (Å²) in [4.78, 5) is 28.9. The average molecular weight is 390 g/mol. The quantitative estimate of drug-likeness (QED) is 0.587. The summed E-state index contributed by atoms with van der Waals surface area (Å²) in [5, 5.41) is 9.56. The fourth-order valence-corrected chi connectivity index (χ4v) is 6.15. The van der Waals surface area contributed by atoms with Crippen molar-refractivity contribution in [1.29, 1.82) is 5.26 Å². The molecular weight excluding hydrogens is 372 g/mol. The summed E-state index contributed by atoms with van der Waals surface area (Å²) in [6.45, 7) is 2.10. The van der Waals surface area contributed by atoms with E-state index in [4.69, 9.17) is 0 Å². The van der Waals surface area contributed by atoms with Gasteiger partial charge in [0.25, 0.3) is 0 Å². The molecule has 0 aromatic heterocycles. The Kier molecular flexibility index (Phi) is 3.25. The summed E-state index contributed by atoms with van der Waals surface area (Å²) in [5.41, 5.74) is 4.67. The van der Waals surface area contributed by atoms with Gasteiger partial charge in [0.05, 0.1) is 23.1 Å². The van der Waals surface area contributed by atoms with Gasteiger partial charge >= 0.3 is 0 Å². The highest BCUT2D eigenvalue weighted by Gasteiger charge is 2.66. The van der Waals surface area contributed by atoms with Gasteiger partial charge in [-0.2, -0.15) is 5.26 Å². The zero-order chi connectivity index (χ0) is 20.6. The molecule has 0 spiro atoms. The molecule has 0 unspecified atom stereocenters. The second-order valence-corrected chi connectivity index (χ2v) is 8.50. The van der Waals surface area contributed by atoms with Crippen molar-refractivity contribution in [3.05, 3.63) is 101 Å². The van der Waals surface area contributed by atoms with Crippen LogP contribution in [0.2, 0.25) is 0 Å². The molecule has 1 fully saturated rings. The fraction of sp³-hybridized carbons (Fsp3) is 0.192. The van der Waals surface area contributed by atoms with Gasteiger partial charge in [-0.3, -0.25) is 9.59 Å². The summed E-state index contributed by atoms with van der Waals surface area (Å²) in [6.07, 6.45) is 0. The first-order chi connectivity index (χ1) is 14.6. The third-order valence-corrected chi connectivity index (χ3v) is 7.31. The van der Waals surface area contributed by atoms with E-state index in [0.717, 1.165) is 22.3 Å². The highest BCUT2D eigenvalue weighted by Crippen LogP contribution is 2.64. The molecule has 30 heavy (non-hydrogen) atoms. The molecule has 3 aromatic rings. The standard InChI is InChI=1S/C26H18N2O2/c1-26-18-11-5-3-9-16(18)21(17-10-4-6-12-19(17)26)22-23(26)25(30)28(24(22)29)20-13-7-2-8-15(20)14-27/h2-13,21-23H,1H3/t21?,22-,23-,26?/m1/s1. The van der Waals surface area contributed by atoms with Crippen molar-refractivity contribution in [1.82, 2.24) is 0 Å². The van der Waals surface area contributed by atoms with Crippen LogP contribution >= 0.6 is 0 Å². The SMILES string of the molecule is CC12c3ccccc3C(c3ccccc31)[C@H]1C(=O)N(c3ccccc3C#N)C(=O)[C@@H]12. The van der Waals surface area contributed by atoms with Gasteiger partial charge in [0.1, 0.15) is 6.07 Å².